The quantitative estimate of drug-likeness (QED) is 0.494. The molecule has 28 heavy (non-hydrogen) atoms. The second-order valence-corrected chi connectivity index (χ2v) is 8.28. The van der Waals surface area contributed by atoms with E-state index < -0.39 is 0 Å². The lowest BCUT2D eigenvalue weighted by molar-refractivity contribution is -0.908. The molecular weight excluding hydrogens is 394 g/mol. The van der Waals surface area contributed by atoms with Crippen LogP contribution in [0.1, 0.15) is 5.56 Å². The Morgan fingerprint density at radius 3 is 2.79 bits per heavy atom. The first-order chi connectivity index (χ1) is 13.7. The number of quaternary nitrogens is 1. The third-order valence-electron chi connectivity index (χ3n) is 4.97. The highest BCUT2D eigenvalue weighted by atomic mass is 35.5. The van der Waals surface area contributed by atoms with Crippen molar-refractivity contribution in [1.82, 2.24) is 9.55 Å². The maximum absolute atomic E-state index is 13.1. The van der Waals surface area contributed by atoms with Crippen LogP contribution in [-0.4, -0.2) is 42.4 Å². The van der Waals surface area contributed by atoms with Gasteiger partial charge >= 0.3 is 0 Å². The number of nitrogens with one attached hydrogen (secondary N) is 1. The number of thioether (sulfide) groups is 1. The molecular formula is C21H23ClN3O2S+. The highest BCUT2D eigenvalue weighted by Gasteiger charge is 2.17. The van der Waals surface area contributed by atoms with E-state index in [4.69, 9.17) is 21.3 Å². The molecule has 3 aromatic rings. The average Bonchev–Trinajstić information content (AvgIpc) is 2.72. The minimum atomic E-state index is 0.0341. The second kappa shape index (κ2) is 9.09. The summed E-state index contributed by atoms with van der Waals surface area (Å²) in [7, 11) is 0. The molecule has 0 bridgehead atoms. The molecule has 0 saturated carbocycles. The molecule has 2 heterocycles. The Kier molecular flexibility index (Phi) is 6.32. The number of hydrogen-bond acceptors (Lipinski definition) is 4. The van der Waals surface area contributed by atoms with Gasteiger partial charge in [-0.25, -0.2) is 4.98 Å². The van der Waals surface area contributed by atoms with Crippen molar-refractivity contribution in [3.8, 4) is 0 Å². The van der Waals surface area contributed by atoms with Gasteiger partial charge in [-0.1, -0.05) is 47.6 Å². The molecule has 146 valence electrons. The Bertz CT molecular complexity index is 1020. The number of morpholine rings is 1. The first-order valence-corrected chi connectivity index (χ1v) is 10.9. The topological polar surface area (TPSA) is 48.6 Å². The molecule has 0 radical (unpaired) electrons. The fraction of sp³-hybridized carbons (Fsp3) is 0.333. The van der Waals surface area contributed by atoms with E-state index in [1.807, 2.05) is 53.1 Å². The molecule has 1 aliphatic heterocycles. The summed E-state index contributed by atoms with van der Waals surface area (Å²) in [6, 6.07) is 15.4. The summed E-state index contributed by atoms with van der Waals surface area (Å²) in [5.41, 5.74) is 1.90. The number of hydrogen-bond donors (Lipinski definition) is 1. The summed E-state index contributed by atoms with van der Waals surface area (Å²) < 4.78 is 7.27. The first kappa shape index (κ1) is 19.5. The zero-order chi connectivity index (χ0) is 19.3. The molecule has 0 atom stereocenters. The Hall–Kier alpha value is -1.86. The van der Waals surface area contributed by atoms with Gasteiger partial charge in [-0.2, -0.15) is 0 Å². The number of benzene rings is 2. The summed E-state index contributed by atoms with van der Waals surface area (Å²) in [5.74, 6) is 0.718. The van der Waals surface area contributed by atoms with Crippen LogP contribution < -0.4 is 10.5 Å². The SMILES string of the molecule is O=c1c2ccccc2nc(SCc2cccc(Cl)c2)n1CC[NH+]1CCOCC1. The van der Waals surface area contributed by atoms with Crippen molar-refractivity contribution in [1.29, 1.82) is 0 Å². The lowest BCUT2D eigenvalue weighted by atomic mass is 10.2. The highest BCUT2D eigenvalue weighted by Crippen LogP contribution is 2.23. The lowest BCUT2D eigenvalue weighted by Crippen LogP contribution is -3.14. The fourth-order valence-corrected chi connectivity index (χ4v) is 4.59. The zero-order valence-corrected chi connectivity index (χ0v) is 17.1. The predicted octanol–water partition coefficient (Wildman–Crippen LogP) is 2.26. The summed E-state index contributed by atoms with van der Waals surface area (Å²) in [6.07, 6.45) is 0. The van der Waals surface area contributed by atoms with Crippen molar-refractivity contribution in [2.75, 3.05) is 32.8 Å². The van der Waals surface area contributed by atoms with Crippen LogP contribution in [0.2, 0.25) is 5.02 Å². The average molecular weight is 417 g/mol. The largest absolute Gasteiger partial charge is 0.370 e. The van der Waals surface area contributed by atoms with Gasteiger partial charge in [0.05, 0.1) is 37.2 Å². The maximum Gasteiger partial charge on any atom is 0.262 e. The van der Waals surface area contributed by atoms with Crippen LogP contribution in [0.5, 0.6) is 0 Å². The normalized spacial score (nSPS) is 15.2. The van der Waals surface area contributed by atoms with E-state index in [-0.39, 0.29) is 5.56 Å². The number of rotatable bonds is 6. The first-order valence-electron chi connectivity index (χ1n) is 9.49. The van der Waals surface area contributed by atoms with E-state index in [1.54, 1.807) is 11.8 Å². The third-order valence-corrected chi connectivity index (χ3v) is 6.26. The number of halogens is 1. The Labute approximate surface area is 173 Å². The van der Waals surface area contributed by atoms with Gasteiger partial charge in [-0.05, 0) is 29.8 Å². The maximum atomic E-state index is 13.1. The van der Waals surface area contributed by atoms with E-state index in [9.17, 15) is 4.79 Å². The van der Waals surface area contributed by atoms with Gasteiger partial charge in [0.1, 0.15) is 13.1 Å². The lowest BCUT2D eigenvalue weighted by Gasteiger charge is -2.24. The number of fused-ring (bicyclic) bond motifs is 1. The van der Waals surface area contributed by atoms with Crippen molar-refractivity contribution >= 4 is 34.3 Å². The molecule has 1 saturated heterocycles. The smallest absolute Gasteiger partial charge is 0.262 e. The molecule has 0 unspecified atom stereocenters. The van der Waals surface area contributed by atoms with Gasteiger partial charge < -0.3 is 9.64 Å². The van der Waals surface area contributed by atoms with E-state index in [0.717, 1.165) is 59.9 Å². The summed E-state index contributed by atoms with van der Waals surface area (Å²) in [6.45, 7) is 5.10. The summed E-state index contributed by atoms with van der Waals surface area (Å²) in [4.78, 5) is 19.4. The second-order valence-electron chi connectivity index (χ2n) is 6.90. The minimum absolute atomic E-state index is 0.0341. The Balaban J connectivity index is 1.61. The van der Waals surface area contributed by atoms with Crippen LogP contribution in [0.3, 0.4) is 0 Å². The molecule has 7 heteroatoms. The molecule has 1 fully saturated rings. The number of nitrogens with zero attached hydrogens (tertiary/aromatic N) is 2. The highest BCUT2D eigenvalue weighted by molar-refractivity contribution is 7.98. The van der Waals surface area contributed by atoms with Crippen LogP contribution in [0.15, 0.2) is 58.5 Å². The van der Waals surface area contributed by atoms with Crippen LogP contribution in [-0.2, 0) is 17.0 Å². The van der Waals surface area contributed by atoms with Gasteiger partial charge in [0.2, 0.25) is 0 Å². The van der Waals surface area contributed by atoms with Crippen LogP contribution in [0, 0.1) is 0 Å². The van der Waals surface area contributed by atoms with Crippen molar-refractivity contribution in [2.24, 2.45) is 0 Å². The van der Waals surface area contributed by atoms with Gasteiger partial charge in [0.15, 0.2) is 5.16 Å². The van der Waals surface area contributed by atoms with E-state index in [2.05, 4.69) is 0 Å². The van der Waals surface area contributed by atoms with Crippen LogP contribution in [0.25, 0.3) is 10.9 Å². The predicted molar refractivity (Wildman–Crippen MR) is 113 cm³/mol. The molecule has 0 spiro atoms. The molecule has 4 rings (SSSR count). The number of ether oxygens (including phenoxy) is 1. The summed E-state index contributed by atoms with van der Waals surface area (Å²) >= 11 is 7.69. The fourth-order valence-electron chi connectivity index (χ4n) is 3.41. The van der Waals surface area contributed by atoms with E-state index in [0.29, 0.717) is 11.9 Å². The Morgan fingerprint density at radius 1 is 1.14 bits per heavy atom. The zero-order valence-electron chi connectivity index (χ0n) is 15.6. The van der Waals surface area contributed by atoms with Gasteiger partial charge in [0, 0.05) is 10.8 Å². The van der Waals surface area contributed by atoms with E-state index in [1.165, 1.54) is 4.90 Å². The van der Waals surface area contributed by atoms with Gasteiger partial charge in [0.25, 0.3) is 5.56 Å². The molecule has 5 nitrogen and oxygen atoms in total. The molecule has 1 N–H and O–H groups in total. The molecule has 1 aromatic heterocycles. The van der Waals surface area contributed by atoms with Crippen molar-refractivity contribution in [3.63, 3.8) is 0 Å². The third kappa shape index (κ3) is 4.58. The van der Waals surface area contributed by atoms with Crippen LogP contribution in [0.4, 0.5) is 0 Å². The summed E-state index contributed by atoms with van der Waals surface area (Å²) in [5, 5.41) is 2.15. The van der Waals surface area contributed by atoms with Crippen molar-refractivity contribution in [3.05, 3.63) is 69.5 Å². The monoisotopic (exact) mass is 416 g/mol. The molecule has 0 amide bonds. The number of para-hydroxylation sites is 1. The van der Waals surface area contributed by atoms with Crippen LogP contribution >= 0.6 is 23.4 Å². The van der Waals surface area contributed by atoms with E-state index >= 15 is 0 Å². The van der Waals surface area contributed by atoms with Crippen molar-refractivity contribution < 1.29 is 9.64 Å². The van der Waals surface area contributed by atoms with Crippen molar-refractivity contribution in [2.45, 2.75) is 17.5 Å². The minimum Gasteiger partial charge on any atom is -0.370 e. The van der Waals surface area contributed by atoms with Gasteiger partial charge in [-0.15, -0.1) is 0 Å². The standard InChI is InChI=1S/C21H22ClN3O2S/c22-17-5-3-4-16(14-17)15-28-21-23-19-7-2-1-6-18(19)20(26)25(21)9-8-24-10-12-27-13-11-24/h1-7,14H,8-13,15H2/p+1. The Morgan fingerprint density at radius 2 is 1.96 bits per heavy atom. The van der Waals surface area contributed by atoms with Gasteiger partial charge in [-0.3, -0.25) is 9.36 Å². The molecule has 2 aromatic carbocycles. The number of aromatic nitrogens is 2. The molecule has 1 aliphatic rings. The molecule has 0 aliphatic carbocycles.